The number of hydrogen-bond acceptors (Lipinski definition) is 3. The summed E-state index contributed by atoms with van der Waals surface area (Å²) in [7, 11) is 2.04. The van der Waals surface area contributed by atoms with Crippen molar-refractivity contribution in [2.75, 3.05) is 20.1 Å². The number of hydrogen-bond donors (Lipinski definition) is 0. The van der Waals surface area contributed by atoms with Crippen molar-refractivity contribution in [1.29, 1.82) is 0 Å². The molecule has 5 atom stereocenters. The quantitative estimate of drug-likeness (QED) is 0.329. The number of carbonyl (C=O) groups is 1. The van der Waals surface area contributed by atoms with E-state index in [0.717, 1.165) is 48.7 Å². The molecule has 1 aromatic heterocycles. The molecule has 0 spiro atoms. The first kappa shape index (κ1) is 25.6. The molecule has 2 saturated carbocycles. The van der Waals surface area contributed by atoms with E-state index >= 15 is 0 Å². The molecule has 5 nitrogen and oxygen atoms in total. The van der Waals surface area contributed by atoms with Crippen LogP contribution in [0.3, 0.4) is 0 Å². The molecule has 6 heteroatoms. The normalized spacial score (nSPS) is 30.7. The lowest BCUT2D eigenvalue weighted by Gasteiger charge is -2.40. The second-order valence-electron chi connectivity index (χ2n) is 13.0. The Morgan fingerprint density at radius 2 is 1.77 bits per heavy atom. The molecule has 4 aliphatic rings. The van der Waals surface area contributed by atoms with Crippen LogP contribution in [0.1, 0.15) is 75.2 Å². The zero-order chi connectivity index (χ0) is 26.7. The van der Waals surface area contributed by atoms with Crippen LogP contribution in [0.15, 0.2) is 48.5 Å². The topological polar surface area (TPSA) is 41.4 Å². The fourth-order valence-corrected chi connectivity index (χ4v) is 8.87. The summed E-state index contributed by atoms with van der Waals surface area (Å²) in [6.45, 7) is 4.10. The number of fused-ring (bicyclic) bond motifs is 3. The molecule has 4 fully saturated rings. The molecule has 2 aliphatic carbocycles. The number of amides is 1. The van der Waals surface area contributed by atoms with Gasteiger partial charge in [-0.25, -0.2) is 4.98 Å². The van der Waals surface area contributed by atoms with E-state index < -0.39 is 0 Å². The van der Waals surface area contributed by atoms with Gasteiger partial charge in [-0.15, -0.1) is 0 Å². The first-order valence-corrected chi connectivity index (χ1v) is 15.5. The molecular formula is C33H41ClN4O. The molecule has 2 saturated heterocycles. The molecule has 0 N–H and O–H groups in total. The lowest BCUT2D eigenvalue weighted by atomic mass is 9.90. The van der Waals surface area contributed by atoms with Crippen LogP contribution in [0.25, 0.3) is 11.0 Å². The molecule has 0 radical (unpaired) electrons. The number of aryl methyl sites for hydroxylation is 1. The third-order valence-electron chi connectivity index (χ3n) is 10.7. The van der Waals surface area contributed by atoms with E-state index in [-0.39, 0.29) is 11.3 Å². The Labute approximate surface area is 237 Å². The monoisotopic (exact) mass is 544 g/mol. The van der Waals surface area contributed by atoms with Crippen molar-refractivity contribution in [3.63, 3.8) is 0 Å². The molecule has 206 valence electrons. The van der Waals surface area contributed by atoms with Crippen LogP contribution in [-0.4, -0.2) is 57.5 Å². The number of nitrogens with zero attached hydrogens (tertiary/aromatic N) is 4. The average molecular weight is 545 g/mol. The number of piperidine rings is 1. The Hall–Kier alpha value is -2.37. The molecule has 3 heterocycles. The maximum atomic E-state index is 13.3. The first-order chi connectivity index (χ1) is 18.9. The van der Waals surface area contributed by atoms with Crippen LogP contribution in [0.2, 0.25) is 5.02 Å². The van der Waals surface area contributed by atoms with Gasteiger partial charge in [-0.3, -0.25) is 9.69 Å². The summed E-state index contributed by atoms with van der Waals surface area (Å²) in [5, 5.41) is 0.797. The van der Waals surface area contributed by atoms with E-state index in [9.17, 15) is 4.79 Å². The predicted molar refractivity (Wildman–Crippen MR) is 157 cm³/mol. The van der Waals surface area contributed by atoms with E-state index in [0.29, 0.717) is 30.0 Å². The highest BCUT2D eigenvalue weighted by molar-refractivity contribution is 6.30. The Morgan fingerprint density at radius 1 is 1.03 bits per heavy atom. The van der Waals surface area contributed by atoms with E-state index in [1.54, 1.807) is 0 Å². The average Bonchev–Trinajstić information content (AvgIpc) is 3.21. The van der Waals surface area contributed by atoms with Gasteiger partial charge >= 0.3 is 0 Å². The molecule has 0 unspecified atom stereocenters. The minimum atomic E-state index is 0.0152. The highest BCUT2D eigenvalue weighted by atomic mass is 35.5. The fraction of sp³-hybridized carbons (Fsp3) is 0.576. The van der Waals surface area contributed by atoms with Crippen LogP contribution in [0.4, 0.5) is 0 Å². The smallest absolute Gasteiger partial charge is 0.225 e. The fourth-order valence-electron chi connectivity index (χ4n) is 8.68. The van der Waals surface area contributed by atoms with E-state index in [1.807, 2.05) is 13.1 Å². The SMILES string of the molecule is Cc1nc2ccccc2n1[C@@H]1C[C@H]2CC[C@@H](C1)N2C[C@@H]1C[C@@]1(CN(C)C(=O)C1CCCC1)c1cccc(Cl)c1. The Balaban J connectivity index is 1.09. The van der Waals surface area contributed by atoms with Gasteiger partial charge in [0, 0.05) is 54.6 Å². The first-order valence-electron chi connectivity index (χ1n) is 15.1. The van der Waals surface area contributed by atoms with Gasteiger partial charge in [0.15, 0.2) is 0 Å². The molecular weight excluding hydrogens is 504 g/mol. The molecule has 2 aromatic carbocycles. The van der Waals surface area contributed by atoms with Gasteiger partial charge in [-0.2, -0.15) is 0 Å². The van der Waals surface area contributed by atoms with Crippen molar-refractivity contribution < 1.29 is 4.79 Å². The Kier molecular flexibility index (Phi) is 6.51. The number of para-hydroxylation sites is 2. The number of carbonyl (C=O) groups excluding carboxylic acids is 1. The van der Waals surface area contributed by atoms with E-state index in [1.165, 1.54) is 49.6 Å². The summed E-state index contributed by atoms with van der Waals surface area (Å²) in [5.41, 5.74) is 3.73. The van der Waals surface area contributed by atoms with Crippen molar-refractivity contribution in [2.45, 2.75) is 88.3 Å². The van der Waals surface area contributed by atoms with Crippen molar-refractivity contribution in [3.8, 4) is 0 Å². The van der Waals surface area contributed by atoms with Gasteiger partial charge in [0.2, 0.25) is 5.91 Å². The molecule has 7 rings (SSSR count). The molecule has 3 aromatic rings. The standard InChI is InChI=1S/C33H41ClN4O/c1-22-35-30-12-5-6-13-31(30)38(22)29-17-27-14-15-28(18-29)37(27)20-25-19-33(25,24-10-7-11-26(34)16-24)21-36(2)32(39)23-8-3-4-9-23/h5-7,10-13,16,23,25,27-29H,3-4,8-9,14-15,17-21H2,1-2H3/t25-,27-,28+,29-,33+/m0/s1. The van der Waals surface area contributed by atoms with Crippen molar-refractivity contribution in [1.82, 2.24) is 19.4 Å². The van der Waals surface area contributed by atoms with Crippen LogP contribution >= 0.6 is 11.6 Å². The summed E-state index contributed by atoms with van der Waals surface area (Å²) < 4.78 is 2.52. The molecule has 39 heavy (non-hydrogen) atoms. The Morgan fingerprint density at radius 3 is 2.51 bits per heavy atom. The summed E-state index contributed by atoms with van der Waals surface area (Å²) in [6, 6.07) is 18.8. The Bertz CT molecular complexity index is 1370. The number of likely N-dealkylation sites (N-methyl/N-ethyl adjacent to an activating group) is 1. The predicted octanol–water partition coefficient (Wildman–Crippen LogP) is 6.77. The van der Waals surface area contributed by atoms with E-state index in [2.05, 4.69) is 63.8 Å². The number of aromatic nitrogens is 2. The zero-order valence-electron chi connectivity index (χ0n) is 23.4. The van der Waals surface area contributed by atoms with Gasteiger partial charge in [0.05, 0.1) is 11.0 Å². The maximum Gasteiger partial charge on any atom is 0.225 e. The summed E-state index contributed by atoms with van der Waals surface area (Å²) in [5.74, 6) is 2.28. The van der Waals surface area contributed by atoms with Crippen LogP contribution in [0.5, 0.6) is 0 Å². The maximum absolute atomic E-state index is 13.3. The zero-order valence-corrected chi connectivity index (χ0v) is 24.1. The van der Waals surface area contributed by atoms with Gasteiger partial charge in [-0.1, -0.05) is 48.7 Å². The largest absolute Gasteiger partial charge is 0.345 e. The van der Waals surface area contributed by atoms with Gasteiger partial charge in [0.1, 0.15) is 5.82 Å². The van der Waals surface area contributed by atoms with Crippen molar-refractivity contribution in [2.24, 2.45) is 11.8 Å². The van der Waals surface area contributed by atoms with Gasteiger partial charge < -0.3 is 9.47 Å². The number of halogens is 1. The number of rotatable bonds is 7. The van der Waals surface area contributed by atoms with E-state index in [4.69, 9.17) is 16.6 Å². The molecule has 2 bridgehead atoms. The third-order valence-corrected chi connectivity index (χ3v) is 10.9. The number of imidazole rings is 1. The lowest BCUT2D eigenvalue weighted by molar-refractivity contribution is -0.134. The van der Waals surface area contributed by atoms with Crippen LogP contribution < -0.4 is 0 Å². The highest BCUT2D eigenvalue weighted by Gasteiger charge is 2.58. The molecule has 2 aliphatic heterocycles. The summed E-state index contributed by atoms with van der Waals surface area (Å²) >= 11 is 6.50. The highest BCUT2D eigenvalue weighted by Crippen LogP contribution is 2.57. The van der Waals surface area contributed by atoms with Crippen molar-refractivity contribution >= 4 is 28.5 Å². The van der Waals surface area contributed by atoms with Crippen LogP contribution in [-0.2, 0) is 10.2 Å². The minimum absolute atomic E-state index is 0.0152. The lowest BCUT2D eigenvalue weighted by Crippen LogP contribution is -2.46. The minimum Gasteiger partial charge on any atom is -0.345 e. The summed E-state index contributed by atoms with van der Waals surface area (Å²) in [4.78, 5) is 23.1. The third kappa shape index (κ3) is 4.50. The second kappa shape index (κ2) is 9.92. The summed E-state index contributed by atoms with van der Waals surface area (Å²) in [6.07, 6.45) is 10.6. The van der Waals surface area contributed by atoms with Crippen LogP contribution in [0, 0.1) is 18.8 Å². The number of benzene rings is 2. The van der Waals surface area contributed by atoms with Gasteiger partial charge in [0.25, 0.3) is 0 Å². The second-order valence-corrected chi connectivity index (χ2v) is 13.4. The van der Waals surface area contributed by atoms with Crippen molar-refractivity contribution in [3.05, 3.63) is 64.9 Å². The molecule has 1 amide bonds. The van der Waals surface area contributed by atoms with Gasteiger partial charge in [-0.05, 0) is 87.6 Å².